The number of ether oxygens (including phenoxy) is 1. The van der Waals surface area contributed by atoms with Crippen LogP contribution in [-0.2, 0) is 18.9 Å². The number of hydrogen-bond acceptors (Lipinski definition) is 5. The van der Waals surface area contributed by atoms with Crippen molar-refractivity contribution in [3.8, 4) is 5.75 Å². The Balaban J connectivity index is 1.76. The van der Waals surface area contributed by atoms with E-state index in [1.54, 1.807) is 48.4 Å². The van der Waals surface area contributed by atoms with Gasteiger partial charge in [-0.1, -0.05) is 17.4 Å². The predicted molar refractivity (Wildman–Crippen MR) is 126 cm³/mol. The molecule has 13 heteroatoms. The fraction of sp³-hybridized carbons (Fsp3) is 0.292. The average molecular weight is 543 g/mol. The summed E-state index contributed by atoms with van der Waals surface area (Å²) in [5.74, 6) is -0.578. The molecule has 0 saturated carbocycles. The summed E-state index contributed by atoms with van der Waals surface area (Å²) in [6, 6.07) is 6.00. The Labute approximate surface area is 211 Å². The van der Waals surface area contributed by atoms with Crippen molar-refractivity contribution in [2.45, 2.75) is 32.2 Å². The highest BCUT2D eigenvalue weighted by atomic mass is 32.1. The van der Waals surface area contributed by atoms with E-state index in [9.17, 15) is 31.1 Å². The van der Waals surface area contributed by atoms with Gasteiger partial charge in [-0.25, -0.2) is 9.97 Å². The Hall–Kier alpha value is -3.61. The van der Waals surface area contributed by atoms with Crippen molar-refractivity contribution in [3.63, 3.8) is 0 Å². The summed E-state index contributed by atoms with van der Waals surface area (Å²) in [7, 11) is 0. The van der Waals surface area contributed by atoms with E-state index in [1.165, 1.54) is 0 Å². The molecule has 196 valence electrons. The van der Waals surface area contributed by atoms with E-state index < -0.39 is 35.0 Å². The monoisotopic (exact) mass is 542 g/mol. The molecule has 0 fully saturated rings. The molecule has 0 aliphatic heterocycles. The Kier molecular flexibility index (Phi) is 7.44. The summed E-state index contributed by atoms with van der Waals surface area (Å²) in [4.78, 5) is 23.0. The molecule has 0 radical (unpaired) electrons. The van der Waals surface area contributed by atoms with Crippen LogP contribution in [0, 0.1) is 0 Å². The molecular formula is C24H20F6N4O2S. The quantitative estimate of drug-likeness (QED) is 0.234. The number of carbonyl (C=O) groups is 1. The fourth-order valence-corrected chi connectivity index (χ4v) is 4.66. The molecule has 0 saturated heterocycles. The van der Waals surface area contributed by atoms with E-state index >= 15 is 0 Å². The Bertz CT molecular complexity index is 1350. The van der Waals surface area contributed by atoms with Gasteiger partial charge in [0.15, 0.2) is 5.13 Å². The van der Waals surface area contributed by atoms with Gasteiger partial charge < -0.3 is 9.30 Å². The molecule has 0 unspecified atom stereocenters. The summed E-state index contributed by atoms with van der Waals surface area (Å²) in [5.41, 5.74) is -3.43. The smallest absolute Gasteiger partial charge is 0.416 e. The van der Waals surface area contributed by atoms with Gasteiger partial charge in [-0.15, -0.1) is 0 Å². The van der Waals surface area contributed by atoms with E-state index in [1.807, 2.05) is 0 Å². The van der Waals surface area contributed by atoms with Crippen molar-refractivity contribution >= 4 is 32.6 Å². The normalized spacial score (nSPS) is 12.2. The molecule has 0 bridgehead atoms. The van der Waals surface area contributed by atoms with E-state index in [0.717, 1.165) is 16.2 Å². The third-order valence-electron chi connectivity index (χ3n) is 5.34. The van der Waals surface area contributed by atoms with Crippen molar-refractivity contribution < 1.29 is 35.9 Å². The molecule has 4 aromatic rings. The maximum Gasteiger partial charge on any atom is 0.416 e. The Morgan fingerprint density at radius 2 is 1.78 bits per heavy atom. The topological polar surface area (TPSA) is 60.2 Å². The molecule has 0 N–H and O–H groups in total. The van der Waals surface area contributed by atoms with Crippen LogP contribution >= 0.6 is 11.3 Å². The van der Waals surface area contributed by atoms with Crippen LogP contribution in [0.4, 0.5) is 31.5 Å². The maximum absolute atomic E-state index is 13.5. The number of thiazole rings is 1. The van der Waals surface area contributed by atoms with Crippen LogP contribution in [0.1, 0.15) is 34.8 Å². The first-order valence-electron chi connectivity index (χ1n) is 11.1. The van der Waals surface area contributed by atoms with Gasteiger partial charge >= 0.3 is 12.4 Å². The van der Waals surface area contributed by atoms with Crippen LogP contribution in [0.5, 0.6) is 5.75 Å². The van der Waals surface area contributed by atoms with Crippen LogP contribution < -0.4 is 9.64 Å². The first kappa shape index (κ1) is 26.5. The number of aromatic nitrogens is 3. The van der Waals surface area contributed by atoms with Gasteiger partial charge in [-0.2, -0.15) is 26.3 Å². The van der Waals surface area contributed by atoms with Crippen molar-refractivity contribution in [3.05, 3.63) is 71.8 Å². The molecule has 0 aliphatic carbocycles. The molecule has 1 amide bonds. The number of alkyl halides is 6. The number of halogens is 6. The van der Waals surface area contributed by atoms with Crippen molar-refractivity contribution in [1.29, 1.82) is 0 Å². The highest BCUT2D eigenvalue weighted by Crippen LogP contribution is 2.38. The zero-order chi connectivity index (χ0) is 26.8. The van der Waals surface area contributed by atoms with Gasteiger partial charge in [0.2, 0.25) is 0 Å². The highest BCUT2D eigenvalue weighted by molar-refractivity contribution is 7.22. The lowest BCUT2D eigenvalue weighted by atomic mass is 10.0. The maximum atomic E-state index is 13.5. The summed E-state index contributed by atoms with van der Waals surface area (Å²) < 4.78 is 88.4. The van der Waals surface area contributed by atoms with Crippen LogP contribution in [0.25, 0.3) is 10.2 Å². The van der Waals surface area contributed by atoms with Gasteiger partial charge in [-0.3, -0.25) is 9.69 Å². The molecule has 0 aliphatic rings. The number of hydrogen-bond donors (Lipinski definition) is 0. The zero-order valence-electron chi connectivity index (χ0n) is 19.3. The van der Waals surface area contributed by atoms with Gasteiger partial charge in [0.25, 0.3) is 5.91 Å². The van der Waals surface area contributed by atoms with Gasteiger partial charge in [0.1, 0.15) is 11.3 Å². The standard InChI is InChI=1S/C24H20F6N4O2S/c1-2-36-18-5-3-6-19-20(18)32-22(37-19)34(9-4-8-33-10-7-31-14-33)21(35)15-11-16(23(25,26)27)13-17(12-15)24(28,29)30/h3,5-7,10-14H,2,4,8-9H2,1H3. The molecule has 37 heavy (non-hydrogen) atoms. The highest BCUT2D eigenvalue weighted by Gasteiger charge is 2.38. The molecule has 2 heterocycles. The zero-order valence-corrected chi connectivity index (χ0v) is 20.1. The summed E-state index contributed by atoms with van der Waals surface area (Å²) >= 11 is 1.09. The molecule has 2 aromatic heterocycles. The minimum absolute atomic E-state index is 0.00772. The molecule has 6 nitrogen and oxygen atoms in total. The minimum atomic E-state index is -5.08. The number of para-hydroxylation sites is 1. The van der Waals surface area contributed by atoms with Gasteiger partial charge in [0, 0.05) is 31.0 Å². The van der Waals surface area contributed by atoms with Crippen LogP contribution in [0.15, 0.2) is 55.1 Å². The van der Waals surface area contributed by atoms with E-state index in [0.29, 0.717) is 47.7 Å². The van der Waals surface area contributed by atoms with E-state index in [4.69, 9.17) is 4.74 Å². The first-order chi connectivity index (χ1) is 17.5. The average Bonchev–Trinajstić information content (AvgIpc) is 3.50. The third kappa shape index (κ3) is 6.04. The largest absolute Gasteiger partial charge is 0.492 e. The summed E-state index contributed by atoms with van der Waals surface area (Å²) in [6.07, 6.45) is -5.01. The Morgan fingerprint density at radius 3 is 2.38 bits per heavy atom. The number of benzene rings is 2. The Morgan fingerprint density at radius 1 is 1.08 bits per heavy atom. The lowest BCUT2D eigenvalue weighted by Gasteiger charge is -2.21. The second kappa shape index (κ2) is 10.4. The molecule has 0 spiro atoms. The minimum Gasteiger partial charge on any atom is -0.492 e. The fourth-order valence-electron chi connectivity index (χ4n) is 3.65. The van der Waals surface area contributed by atoms with E-state index in [2.05, 4.69) is 9.97 Å². The number of amides is 1. The lowest BCUT2D eigenvalue weighted by Crippen LogP contribution is -2.33. The van der Waals surface area contributed by atoms with Crippen LogP contribution in [0.3, 0.4) is 0 Å². The number of nitrogens with zero attached hydrogens (tertiary/aromatic N) is 4. The van der Waals surface area contributed by atoms with Gasteiger partial charge in [0.05, 0.1) is 28.8 Å². The van der Waals surface area contributed by atoms with Crippen LogP contribution in [0.2, 0.25) is 0 Å². The summed E-state index contributed by atoms with van der Waals surface area (Å²) in [5, 5.41) is 0.128. The van der Waals surface area contributed by atoms with Crippen molar-refractivity contribution in [1.82, 2.24) is 14.5 Å². The second-order valence-electron chi connectivity index (χ2n) is 7.94. The number of rotatable bonds is 8. The number of carbonyl (C=O) groups excluding carboxylic acids is 1. The number of anilines is 1. The van der Waals surface area contributed by atoms with Crippen molar-refractivity contribution in [2.24, 2.45) is 0 Å². The number of fused-ring (bicyclic) bond motifs is 1. The molecule has 2 aromatic carbocycles. The predicted octanol–water partition coefficient (Wildman–Crippen LogP) is 6.67. The number of imidazole rings is 1. The molecule has 4 rings (SSSR count). The summed E-state index contributed by atoms with van der Waals surface area (Å²) in [6.45, 7) is 2.53. The van der Waals surface area contributed by atoms with E-state index in [-0.39, 0.29) is 17.7 Å². The third-order valence-corrected chi connectivity index (χ3v) is 6.38. The first-order valence-corrected chi connectivity index (χ1v) is 11.9. The molecular weight excluding hydrogens is 522 g/mol. The number of aryl methyl sites for hydroxylation is 1. The SMILES string of the molecule is CCOc1cccc2sc(N(CCCn3ccnc3)C(=O)c3cc(C(F)(F)F)cc(C(F)(F)F)c3)nc12. The van der Waals surface area contributed by atoms with Crippen LogP contribution in [-0.4, -0.2) is 33.6 Å². The molecule has 0 atom stereocenters. The second-order valence-corrected chi connectivity index (χ2v) is 8.95. The lowest BCUT2D eigenvalue weighted by molar-refractivity contribution is -0.143. The van der Waals surface area contributed by atoms with Crippen molar-refractivity contribution in [2.75, 3.05) is 18.1 Å². The van der Waals surface area contributed by atoms with Gasteiger partial charge in [-0.05, 0) is 43.7 Å².